The molecule has 0 spiro atoms. The van der Waals surface area contributed by atoms with Gasteiger partial charge in [-0.3, -0.25) is 0 Å². The maximum Gasteiger partial charge on any atom is 0.233 e. The molecule has 1 aromatic rings. The minimum atomic E-state index is 0.172. The molecule has 1 heterocycles. The van der Waals surface area contributed by atoms with Crippen LogP contribution in [0, 0.1) is 0 Å². The van der Waals surface area contributed by atoms with Gasteiger partial charge in [-0.2, -0.15) is 5.10 Å². The Morgan fingerprint density at radius 3 is 2.79 bits per heavy atom. The first-order valence-corrected chi connectivity index (χ1v) is 4.47. The topological polar surface area (TPSA) is 47.0 Å². The Morgan fingerprint density at radius 2 is 2.36 bits per heavy atom. The second kappa shape index (κ2) is 5.34. The molecular weight excluding hydrogens is 178 g/mol. The predicted molar refractivity (Wildman–Crippen MR) is 55.2 cm³/mol. The summed E-state index contributed by atoms with van der Waals surface area (Å²) in [6, 6.07) is 3.87. The summed E-state index contributed by atoms with van der Waals surface area (Å²) in [6.45, 7) is 3.69. The van der Waals surface area contributed by atoms with Crippen molar-refractivity contribution in [2.75, 3.05) is 14.2 Å². The third-order valence-corrected chi connectivity index (χ3v) is 1.98. The number of ether oxygens (including phenoxy) is 1. The summed E-state index contributed by atoms with van der Waals surface area (Å²) in [4.78, 5) is 0. The number of rotatable bonds is 5. The molecule has 0 aromatic carbocycles. The highest BCUT2D eigenvalue weighted by atomic mass is 16.5. The smallest absolute Gasteiger partial charge is 0.233 e. The highest BCUT2D eigenvalue weighted by Gasteiger charge is 2.08. The molecule has 4 heteroatoms. The van der Waals surface area contributed by atoms with E-state index in [1.807, 2.05) is 19.2 Å². The zero-order chi connectivity index (χ0) is 10.4. The van der Waals surface area contributed by atoms with Crippen LogP contribution in [0.2, 0.25) is 0 Å². The van der Waals surface area contributed by atoms with E-state index in [2.05, 4.69) is 22.1 Å². The first kappa shape index (κ1) is 10.7. The van der Waals surface area contributed by atoms with Crippen molar-refractivity contribution < 1.29 is 4.74 Å². The zero-order valence-corrected chi connectivity index (χ0v) is 8.53. The summed E-state index contributed by atoms with van der Waals surface area (Å²) in [6.07, 6.45) is 2.69. The molecule has 0 aliphatic carbocycles. The first-order chi connectivity index (χ1) is 6.81. The molecular formula is C10H15N3O. The predicted octanol–water partition coefficient (Wildman–Crippen LogP) is 1.32. The summed E-state index contributed by atoms with van der Waals surface area (Å²) >= 11 is 0. The third-order valence-electron chi connectivity index (χ3n) is 1.98. The molecule has 1 aromatic heterocycles. The monoisotopic (exact) mass is 193 g/mol. The first-order valence-electron chi connectivity index (χ1n) is 4.47. The normalized spacial score (nSPS) is 12.1. The van der Waals surface area contributed by atoms with Crippen LogP contribution < -0.4 is 10.1 Å². The molecule has 0 amide bonds. The maximum absolute atomic E-state index is 4.93. The van der Waals surface area contributed by atoms with Crippen molar-refractivity contribution in [1.82, 2.24) is 15.5 Å². The van der Waals surface area contributed by atoms with Crippen LogP contribution in [0.4, 0.5) is 0 Å². The van der Waals surface area contributed by atoms with Gasteiger partial charge in [0, 0.05) is 6.07 Å². The Hall–Kier alpha value is -1.42. The van der Waals surface area contributed by atoms with Crippen LogP contribution >= 0.6 is 0 Å². The van der Waals surface area contributed by atoms with Gasteiger partial charge in [-0.1, -0.05) is 6.08 Å². The van der Waals surface area contributed by atoms with Gasteiger partial charge in [-0.05, 0) is 19.5 Å². The number of hydrogen-bond donors (Lipinski definition) is 1. The van der Waals surface area contributed by atoms with E-state index < -0.39 is 0 Å². The molecule has 0 fully saturated rings. The molecule has 0 radical (unpaired) electrons. The average molecular weight is 193 g/mol. The fourth-order valence-corrected chi connectivity index (χ4v) is 1.18. The van der Waals surface area contributed by atoms with Gasteiger partial charge in [0.25, 0.3) is 0 Å². The lowest BCUT2D eigenvalue weighted by molar-refractivity contribution is 0.389. The minimum Gasteiger partial charge on any atom is -0.480 e. The Balaban J connectivity index is 2.77. The van der Waals surface area contributed by atoms with Gasteiger partial charge >= 0.3 is 0 Å². The Labute approximate surface area is 84.0 Å². The lowest BCUT2D eigenvalue weighted by Crippen LogP contribution is -2.17. The highest BCUT2D eigenvalue weighted by Crippen LogP contribution is 2.14. The molecule has 1 unspecified atom stereocenters. The van der Waals surface area contributed by atoms with Gasteiger partial charge in [-0.15, -0.1) is 11.7 Å². The van der Waals surface area contributed by atoms with E-state index >= 15 is 0 Å². The van der Waals surface area contributed by atoms with Gasteiger partial charge in [0.05, 0.1) is 18.8 Å². The quantitative estimate of drug-likeness (QED) is 0.716. The molecule has 0 saturated heterocycles. The molecule has 0 aliphatic rings. The SMILES string of the molecule is C=CCC(NC)c1ccc(OC)nn1. The van der Waals surface area contributed by atoms with Crippen molar-refractivity contribution in [2.45, 2.75) is 12.5 Å². The maximum atomic E-state index is 4.93. The molecule has 0 bridgehead atoms. The Bertz CT molecular complexity index is 284. The van der Waals surface area contributed by atoms with Crippen LogP contribution in [0.3, 0.4) is 0 Å². The number of nitrogens with zero attached hydrogens (tertiary/aromatic N) is 2. The van der Waals surface area contributed by atoms with E-state index in [4.69, 9.17) is 4.74 Å². The molecule has 1 rings (SSSR count). The number of aromatic nitrogens is 2. The lowest BCUT2D eigenvalue weighted by Gasteiger charge is -2.12. The fourth-order valence-electron chi connectivity index (χ4n) is 1.18. The lowest BCUT2D eigenvalue weighted by atomic mass is 10.1. The summed E-state index contributed by atoms with van der Waals surface area (Å²) in [5.41, 5.74) is 0.896. The van der Waals surface area contributed by atoms with Crippen molar-refractivity contribution in [2.24, 2.45) is 0 Å². The van der Waals surface area contributed by atoms with Gasteiger partial charge < -0.3 is 10.1 Å². The number of hydrogen-bond acceptors (Lipinski definition) is 4. The van der Waals surface area contributed by atoms with Crippen LogP contribution in [0.1, 0.15) is 18.2 Å². The van der Waals surface area contributed by atoms with Crippen molar-refractivity contribution >= 4 is 0 Å². The van der Waals surface area contributed by atoms with Crippen LogP contribution in [0.25, 0.3) is 0 Å². The molecule has 4 nitrogen and oxygen atoms in total. The highest BCUT2D eigenvalue weighted by molar-refractivity contribution is 5.14. The molecule has 14 heavy (non-hydrogen) atoms. The molecule has 76 valence electrons. The Kier molecular flexibility index (Phi) is 4.07. The number of nitrogens with one attached hydrogen (secondary N) is 1. The molecule has 1 atom stereocenters. The second-order valence-corrected chi connectivity index (χ2v) is 2.87. The van der Waals surface area contributed by atoms with Crippen LogP contribution in [0.15, 0.2) is 24.8 Å². The molecule has 1 N–H and O–H groups in total. The second-order valence-electron chi connectivity index (χ2n) is 2.87. The number of methoxy groups -OCH3 is 1. The van der Waals surface area contributed by atoms with Crippen LogP contribution in [0.5, 0.6) is 5.88 Å². The van der Waals surface area contributed by atoms with Gasteiger partial charge in [0.2, 0.25) is 5.88 Å². The van der Waals surface area contributed by atoms with Crippen molar-refractivity contribution in [3.8, 4) is 5.88 Å². The van der Waals surface area contributed by atoms with Crippen molar-refractivity contribution in [3.63, 3.8) is 0 Å². The van der Waals surface area contributed by atoms with E-state index in [9.17, 15) is 0 Å². The Morgan fingerprint density at radius 1 is 1.57 bits per heavy atom. The van der Waals surface area contributed by atoms with Crippen molar-refractivity contribution in [1.29, 1.82) is 0 Å². The standard InChI is InChI=1S/C10H15N3O/c1-4-5-8(11-2)9-6-7-10(14-3)13-12-9/h4,6-8,11H,1,5H2,2-3H3. The zero-order valence-electron chi connectivity index (χ0n) is 8.53. The third kappa shape index (κ3) is 2.53. The summed E-state index contributed by atoms with van der Waals surface area (Å²) < 4.78 is 4.93. The average Bonchev–Trinajstić information content (AvgIpc) is 2.26. The van der Waals surface area contributed by atoms with E-state index in [0.29, 0.717) is 5.88 Å². The summed E-state index contributed by atoms with van der Waals surface area (Å²) in [5.74, 6) is 0.530. The molecule has 0 saturated carbocycles. The summed E-state index contributed by atoms with van der Waals surface area (Å²) in [7, 11) is 3.46. The van der Waals surface area contributed by atoms with Gasteiger partial charge in [0.1, 0.15) is 0 Å². The van der Waals surface area contributed by atoms with Gasteiger partial charge in [0.15, 0.2) is 0 Å². The fraction of sp³-hybridized carbons (Fsp3) is 0.400. The largest absolute Gasteiger partial charge is 0.480 e. The van der Waals surface area contributed by atoms with Crippen LogP contribution in [-0.4, -0.2) is 24.4 Å². The molecule has 0 aliphatic heterocycles. The van der Waals surface area contributed by atoms with Crippen LogP contribution in [-0.2, 0) is 0 Å². The van der Waals surface area contributed by atoms with E-state index in [1.54, 1.807) is 13.2 Å². The van der Waals surface area contributed by atoms with Crippen molar-refractivity contribution in [3.05, 3.63) is 30.5 Å². The van der Waals surface area contributed by atoms with Gasteiger partial charge in [-0.25, -0.2) is 0 Å². The van der Waals surface area contributed by atoms with E-state index in [1.165, 1.54) is 0 Å². The minimum absolute atomic E-state index is 0.172. The van der Waals surface area contributed by atoms with E-state index in [-0.39, 0.29) is 6.04 Å². The van der Waals surface area contributed by atoms with E-state index in [0.717, 1.165) is 12.1 Å². The summed E-state index contributed by atoms with van der Waals surface area (Å²) in [5, 5.41) is 11.1.